The van der Waals surface area contributed by atoms with Gasteiger partial charge < -0.3 is 9.72 Å². The zero-order chi connectivity index (χ0) is 25.6. The second-order valence-electron chi connectivity index (χ2n) is 9.74. The van der Waals surface area contributed by atoms with E-state index >= 15 is 0 Å². The summed E-state index contributed by atoms with van der Waals surface area (Å²) in [6, 6.07) is 16.8. The molecule has 2 nitrogen and oxygen atoms in total. The third kappa shape index (κ3) is 4.34. The van der Waals surface area contributed by atoms with E-state index in [0.29, 0.717) is 17.2 Å². The molecule has 1 heterocycles. The molecular weight excluding hydrogens is 472 g/mol. The van der Waals surface area contributed by atoms with Gasteiger partial charge in [0.25, 0.3) is 0 Å². The van der Waals surface area contributed by atoms with Gasteiger partial charge in [0, 0.05) is 16.8 Å². The van der Waals surface area contributed by atoms with E-state index in [2.05, 4.69) is 56.1 Å². The molecule has 5 rings (SSSR count). The minimum Gasteiger partial charge on any atom is -0.435 e. The number of nitrogens with one attached hydrogen (secondary N) is 1. The van der Waals surface area contributed by atoms with Crippen molar-refractivity contribution in [3.63, 3.8) is 0 Å². The Kier molecular flexibility index (Phi) is 6.69. The monoisotopic (exact) mass is 503 g/mol. The fourth-order valence-corrected chi connectivity index (χ4v) is 5.92. The Morgan fingerprint density at radius 2 is 1.69 bits per heavy atom. The summed E-state index contributed by atoms with van der Waals surface area (Å²) in [6.45, 7) is 5.85. The molecule has 0 saturated carbocycles. The predicted octanol–water partition coefficient (Wildman–Crippen LogP) is 9.06. The molecule has 4 aromatic rings. The second kappa shape index (κ2) is 9.78. The van der Waals surface area contributed by atoms with Crippen LogP contribution in [0.3, 0.4) is 0 Å². The van der Waals surface area contributed by atoms with Crippen LogP contribution in [0.15, 0.2) is 59.6 Å². The molecule has 1 aliphatic rings. The number of alkyl halides is 2. The van der Waals surface area contributed by atoms with E-state index in [4.69, 9.17) is 17.4 Å². The maximum absolute atomic E-state index is 12.9. The van der Waals surface area contributed by atoms with Crippen molar-refractivity contribution in [1.29, 1.82) is 0 Å². The fraction of sp³-hybridized carbons (Fsp3) is 0.290. The summed E-state index contributed by atoms with van der Waals surface area (Å²) in [6.07, 6.45) is 4.39. The third-order valence-electron chi connectivity index (χ3n) is 7.19. The lowest BCUT2D eigenvalue weighted by Gasteiger charge is -2.19. The summed E-state index contributed by atoms with van der Waals surface area (Å²) in [5, 5.41) is 0. The number of thiol groups is 1. The molecule has 186 valence electrons. The summed E-state index contributed by atoms with van der Waals surface area (Å²) in [7, 11) is 0. The van der Waals surface area contributed by atoms with Crippen molar-refractivity contribution in [3.8, 4) is 39.3 Å². The molecule has 0 saturated heterocycles. The van der Waals surface area contributed by atoms with Gasteiger partial charge in [-0.15, -0.1) is 12.6 Å². The summed E-state index contributed by atoms with van der Waals surface area (Å²) < 4.78 is 30.4. The molecule has 0 radical (unpaired) electrons. The number of rotatable bonds is 7. The van der Waals surface area contributed by atoms with Gasteiger partial charge in [0.05, 0.1) is 0 Å². The van der Waals surface area contributed by atoms with Crippen LogP contribution in [0.5, 0.6) is 5.75 Å². The molecule has 0 unspecified atom stereocenters. The smallest absolute Gasteiger partial charge is 0.387 e. The van der Waals surface area contributed by atoms with Gasteiger partial charge in [-0.3, -0.25) is 0 Å². The predicted molar refractivity (Wildman–Crippen MR) is 147 cm³/mol. The number of hydrogen-bond acceptors (Lipinski definition) is 2. The molecule has 3 aromatic carbocycles. The molecule has 0 atom stereocenters. The molecular formula is C31H31F2NOS. The lowest BCUT2D eigenvalue weighted by molar-refractivity contribution is -0.0500. The molecule has 1 N–H and O–H groups in total. The minimum atomic E-state index is -2.86. The van der Waals surface area contributed by atoms with Gasteiger partial charge in [-0.25, -0.2) is 0 Å². The average molecular weight is 504 g/mol. The SMILES string of the molecule is CCc1cc2c(cc1-c1c(S)cc(OC(F)F)cc1CC)Cc1cc(-c3ccc[nH]3)cc(C(C)C)c1-2. The van der Waals surface area contributed by atoms with Gasteiger partial charge >= 0.3 is 6.61 Å². The van der Waals surface area contributed by atoms with Crippen molar-refractivity contribution in [2.75, 3.05) is 0 Å². The Morgan fingerprint density at radius 3 is 2.33 bits per heavy atom. The van der Waals surface area contributed by atoms with Gasteiger partial charge in [0.15, 0.2) is 0 Å². The molecule has 1 aromatic heterocycles. The van der Waals surface area contributed by atoms with Crippen LogP contribution in [-0.4, -0.2) is 11.6 Å². The van der Waals surface area contributed by atoms with Crippen LogP contribution in [0, 0.1) is 0 Å². The number of aromatic nitrogens is 1. The molecule has 36 heavy (non-hydrogen) atoms. The molecule has 0 fully saturated rings. The van der Waals surface area contributed by atoms with E-state index < -0.39 is 6.61 Å². The first-order valence-electron chi connectivity index (χ1n) is 12.6. The number of halogens is 2. The Balaban J connectivity index is 1.67. The Morgan fingerprint density at radius 1 is 0.917 bits per heavy atom. The van der Waals surface area contributed by atoms with Crippen LogP contribution in [0.1, 0.15) is 61.4 Å². The third-order valence-corrected chi connectivity index (χ3v) is 7.54. The van der Waals surface area contributed by atoms with Gasteiger partial charge in [0.2, 0.25) is 0 Å². The zero-order valence-corrected chi connectivity index (χ0v) is 22.0. The van der Waals surface area contributed by atoms with E-state index in [-0.39, 0.29) is 5.75 Å². The normalized spacial score (nSPS) is 12.4. The highest BCUT2D eigenvalue weighted by Crippen LogP contribution is 2.47. The van der Waals surface area contributed by atoms with Gasteiger partial charge in [0.1, 0.15) is 5.75 Å². The van der Waals surface area contributed by atoms with Gasteiger partial charge in [-0.05, 0) is 123 Å². The zero-order valence-electron chi connectivity index (χ0n) is 21.1. The van der Waals surface area contributed by atoms with Gasteiger partial charge in [-0.1, -0.05) is 33.8 Å². The number of benzene rings is 3. The van der Waals surface area contributed by atoms with E-state index in [9.17, 15) is 8.78 Å². The average Bonchev–Trinajstić information content (AvgIpc) is 3.49. The number of hydrogen-bond donors (Lipinski definition) is 2. The molecule has 0 amide bonds. The number of aryl methyl sites for hydroxylation is 2. The number of fused-ring (bicyclic) bond motifs is 3. The molecule has 0 bridgehead atoms. The highest BCUT2D eigenvalue weighted by molar-refractivity contribution is 7.80. The van der Waals surface area contributed by atoms with Crippen molar-refractivity contribution in [3.05, 3.63) is 82.5 Å². The Bertz CT molecular complexity index is 1420. The van der Waals surface area contributed by atoms with E-state index in [1.807, 2.05) is 19.2 Å². The van der Waals surface area contributed by atoms with E-state index in [0.717, 1.165) is 35.2 Å². The van der Waals surface area contributed by atoms with Crippen LogP contribution in [0.2, 0.25) is 0 Å². The standard InChI is InChI=1S/C31H31F2NOS/c1-5-18-13-26-20(14-25(18)30-19(6-2)12-23(16-28(30)36)35-31(32)33)10-22-11-21(27-8-7-9-34-27)15-24(17(3)4)29(22)26/h7-9,11-17,31,34,36H,5-6,10H2,1-4H3. The lowest BCUT2D eigenvalue weighted by atomic mass is 9.87. The van der Waals surface area contributed by atoms with Crippen LogP contribution >= 0.6 is 12.6 Å². The lowest BCUT2D eigenvalue weighted by Crippen LogP contribution is -2.04. The maximum Gasteiger partial charge on any atom is 0.387 e. The number of aromatic amines is 1. The first-order chi connectivity index (χ1) is 17.3. The second-order valence-corrected chi connectivity index (χ2v) is 10.2. The topological polar surface area (TPSA) is 25.0 Å². The highest BCUT2D eigenvalue weighted by atomic mass is 32.1. The quantitative estimate of drug-likeness (QED) is 0.213. The molecule has 0 spiro atoms. The minimum absolute atomic E-state index is 0.153. The molecule has 1 aliphatic carbocycles. The van der Waals surface area contributed by atoms with Crippen LogP contribution in [0.25, 0.3) is 33.5 Å². The van der Waals surface area contributed by atoms with Gasteiger partial charge in [-0.2, -0.15) is 8.78 Å². The number of ether oxygens (including phenoxy) is 1. The van der Waals surface area contributed by atoms with Crippen molar-refractivity contribution in [2.24, 2.45) is 0 Å². The Hall–Kier alpha value is -3.05. The van der Waals surface area contributed by atoms with Crippen molar-refractivity contribution >= 4 is 12.6 Å². The molecule has 0 aliphatic heterocycles. The summed E-state index contributed by atoms with van der Waals surface area (Å²) in [5.74, 6) is 0.545. The molecule has 5 heteroatoms. The largest absolute Gasteiger partial charge is 0.435 e. The highest BCUT2D eigenvalue weighted by Gasteiger charge is 2.26. The summed E-state index contributed by atoms with van der Waals surface area (Å²) in [5.41, 5.74) is 13.4. The number of H-pyrrole nitrogens is 1. The van der Waals surface area contributed by atoms with Crippen LogP contribution in [-0.2, 0) is 19.3 Å². The first kappa shape index (κ1) is 24.6. The van der Waals surface area contributed by atoms with E-state index in [1.54, 1.807) is 12.1 Å². The van der Waals surface area contributed by atoms with Crippen molar-refractivity contribution in [2.45, 2.75) is 64.4 Å². The van der Waals surface area contributed by atoms with Crippen molar-refractivity contribution in [1.82, 2.24) is 4.98 Å². The first-order valence-corrected chi connectivity index (χ1v) is 13.0. The fourth-order valence-electron chi connectivity index (χ4n) is 5.53. The summed E-state index contributed by atoms with van der Waals surface area (Å²) >= 11 is 4.73. The van der Waals surface area contributed by atoms with Crippen LogP contribution in [0.4, 0.5) is 8.78 Å². The van der Waals surface area contributed by atoms with Crippen LogP contribution < -0.4 is 4.74 Å². The summed E-state index contributed by atoms with van der Waals surface area (Å²) in [4.78, 5) is 4.01. The maximum atomic E-state index is 12.9. The van der Waals surface area contributed by atoms with Crippen molar-refractivity contribution < 1.29 is 13.5 Å². The van der Waals surface area contributed by atoms with E-state index in [1.165, 1.54) is 38.9 Å². The Labute approximate surface area is 217 Å².